The van der Waals surface area contributed by atoms with Crippen LogP contribution in [0.4, 0.5) is 13.2 Å². The smallest absolute Gasteiger partial charge is 0.297 e. The van der Waals surface area contributed by atoms with Gasteiger partial charge in [0.1, 0.15) is 5.69 Å². The first-order valence-electron chi connectivity index (χ1n) is 10.1. The van der Waals surface area contributed by atoms with Gasteiger partial charge in [-0.3, -0.25) is 15.0 Å². The van der Waals surface area contributed by atoms with Gasteiger partial charge in [-0.05, 0) is 61.2 Å². The van der Waals surface area contributed by atoms with Gasteiger partial charge in [-0.25, -0.2) is 0 Å². The molecule has 2 aliphatic rings. The average molecular weight is 410 g/mol. The summed E-state index contributed by atoms with van der Waals surface area (Å²) in [7, 11) is 0. The number of aromatic nitrogens is 3. The van der Waals surface area contributed by atoms with Crippen LogP contribution in [-0.2, 0) is 6.18 Å². The molecule has 30 heavy (non-hydrogen) atoms. The molecule has 7 heteroatoms. The highest BCUT2D eigenvalue weighted by Crippen LogP contribution is 2.40. The van der Waals surface area contributed by atoms with Crippen molar-refractivity contribution >= 4 is 5.57 Å². The predicted molar refractivity (Wildman–Crippen MR) is 109 cm³/mol. The largest absolute Gasteiger partial charge is 0.416 e. The lowest BCUT2D eigenvalue weighted by Gasteiger charge is -2.28. The third kappa shape index (κ3) is 3.43. The van der Waals surface area contributed by atoms with Gasteiger partial charge < -0.3 is 0 Å². The van der Waals surface area contributed by atoms with Crippen LogP contribution in [0.2, 0.25) is 0 Å². The Kier molecular flexibility index (Phi) is 4.70. The quantitative estimate of drug-likeness (QED) is 0.628. The Labute approximate surface area is 172 Å². The summed E-state index contributed by atoms with van der Waals surface area (Å²) in [6.07, 6.45) is 4.70. The van der Waals surface area contributed by atoms with Gasteiger partial charge in [-0.1, -0.05) is 18.2 Å². The molecule has 0 spiro atoms. The number of alkyl halides is 3. The number of nitrogens with one attached hydrogen (secondary N) is 1. The number of rotatable bonds is 3. The molecule has 3 aromatic rings. The monoisotopic (exact) mass is 410 g/mol. The molecule has 2 aromatic heterocycles. The third-order valence-corrected chi connectivity index (χ3v) is 6.02. The fourth-order valence-corrected chi connectivity index (χ4v) is 4.51. The van der Waals surface area contributed by atoms with Gasteiger partial charge >= 0.3 is 6.18 Å². The number of H-pyrrole nitrogens is 1. The summed E-state index contributed by atoms with van der Waals surface area (Å²) in [5.41, 5.74) is 4.66. The zero-order valence-corrected chi connectivity index (χ0v) is 16.3. The molecule has 1 N–H and O–H groups in total. The number of benzene rings is 1. The SMILES string of the molecule is FC(F)(F)c1ccc(-c2n[nH]c(C3=CC4CCCN4CC3)c2-c2ccncc2)cc1. The van der Waals surface area contributed by atoms with Gasteiger partial charge in [-0.15, -0.1) is 0 Å². The fourth-order valence-electron chi connectivity index (χ4n) is 4.51. The van der Waals surface area contributed by atoms with E-state index in [1.165, 1.54) is 24.1 Å². The van der Waals surface area contributed by atoms with Gasteiger partial charge in [-0.2, -0.15) is 18.3 Å². The lowest BCUT2D eigenvalue weighted by molar-refractivity contribution is -0.137. The van der Waals surface area contributed by atoms with E-state index in [-0.39, 0.29) is 0 Å². The van der Waals surface area contributed by atoms with Crippen LogP contribution in [0.1, 0.15) is 30.5 Å². The van der Waals surface area contributed by atoms with Crippen LogP contribution in [0.5, 0.6) is 0 Å². The lowest BCUT2D eigenvalue weighted by atomic mass is 9.92. The van der Waals surface area contributed by atoms with Gasteiger partial charge in [0.2, 0.25) is 0 Å². The molecular formula is C23H21F3N4. The molecule has 0 aliphatic carbocycles. The maximum atomic E-state index is 13.0. The molecule has 0 bridgehead atoms. The fraction of sp³-hybridized carbons (Fsp3) is 0.304. The highest BCUT2D eigenvalue weighted by Gasteiger charge is 2.31. The van der Waals surface area contributed by atoms with Crippen LogP contribution in [0.3, 0.4) is 0 Å². The topological polar surface area (TPSA) is 44.8 Å². The summed E-state index contributed by atoms with van der Waals surface area (Å²) >= 11 is 0. The highest BCUT2D eigenvalue weighted by molar-refractivity contribution is 5.89. The van der Waals surface area contributed by atoms with E-state index in [9.17, 15) is 13.2 Å². The summed E-state index contributed by atoms with van der Waals surface area (Å²) in [6.45, 7) is 2.16. The van der Waals surface area contributed by atoms with E-state index in [0.29, 0.717) is 17.3 Å². The zero-order valence-electron chi connectivity index (χ0n) is 16.3. The first-order chi connectivity index (χ1) is 14.5. The van der Waals surface area contributed by atoms with Crippen molar-refractivity contribution in [1.82, 2.24) is 20.1 Å². The van der Waals surface area contributed by atoms with Crippen LogP contribution in [-0.4, -0.2) is 39.2 Å². The van der Waals surface area contributed by atoms with E-state index < -0.39 is 11.7 Å². The molecule has 1 atom stereocenters. The van der Waals surface area contributed by atoms with E-state index in [1.807, 2.05) is 12.1 Å². The molecular weight excluding hydrogens is 389 g/mol. The number of hydrogen-bond donors (Lipinski definition) is 1. The average Bonchev–Trinajstić information content (AvgIpc) is 3.40. The molecule has 1 fully saturated rings. The van der Waals surface area contributed by atoms with Crippen LogP contribution in [0, 0.1) is 0 Å². The van der Waals surface area contributed by atoms with Gasteiger partial charge in [0.05, 0.1) is 11.3 Å². The maximum Gasteiger partial charge on any atom is 0.416 e. The Hall–Kier alpha value is -2.93. The molecule has 4 nitrogen and oxygen atoms in total. The molecule has 1 unspecified atom stereocenters. The van der Waals surface area contributed by atoms with E-state index in [1.54, 1.807) is 12.4 Å². The van der Waals surface area contributed by atoms with Crippen molar-refractivity contribution in [3.63, 3.8) is 0 Å². The summed E-state index contributed by atoms with van der Waals surface area (Å²) in [5, 5.41) is 7.72. The number of halogens is 3. The first-order valence-corrected chi connectivity index (χ1v) is 10.1. The lowest BCUT2D eigenvalue weighted by Crippen LogP contribution is -2.32. The molecule has 0 amide bonds. The number of nitrogens with zero attached hydrogens (tertiary/aromatic N) is 3. The summed E-state index contributed by atoms with van der Waals surface area (Å²) in [5.74, 6) is 0. The molecule has 2 aliphatic heterocycles. The molecule has 4 heterocycles. The van der Waals surface area contributed by atoms with Crippen molar-refractivity contribution in [2.24, 2.45) is 0 Å². The Morgan fingerprint density at radius 1 is 0.967 bits per heavy atom. The minimum absolute atomic E-state index is 0.455. The second-order valence-electron chi connectivity index (χ2n) is 7.82. The molecule has 1 aromatic carbocycles. The molecule has 0 radical (unpaired) electrons. The minimum atomic E-state index is -4.36. The van der Waals surface area contributed by atoms with Crippen molar-refractivity contribution in [3.8, 4) is 22.4 Å². The molecule has 5 rings (SSSR count). The Bertz CT molecular complexity index is 1070. The van der Waals surface area contributed by atoms with Crippen molar-refractivity contribution in [3.05, 3.63) is 66.1 Å². The van der Waals surface area contributed by atoms with Crippen molar-refractivity contribution in [1.29, 1.82) is 0 Å². The summed E-state index contributed by atoms with van der Waals surface area (Å²) in [4.78, 5) is 6.61. The van der Waals surface area contributed by atoms with Crippen LogP contribution >= 0.6 is 0 Å². The van der Waals surface area contributed by atoms with Crippen LogP contribution in [0.25, 0.3) is 28.0 Å². The Morgan fingerprint density at radius 3 is 2.47 bits per heavy atom. The first kappa shape index (κ1) is 19.1. The summed E-state index contributed by atoms with van der Waals surface area (Å²) < 4.78 is 38.9. The van der Waals surface area contributed by atoms with Crippen LogP contribution in [0.15, 0.2) is 54.9 Å². The number of hydrogen-bond acceptors (Lipinski definition) is 3. The molecule has 0 saturated carbocycles. The third-order valence-electron chi connectivity index (χ3n) is 6.02. The van der Waals surface area contributed by atoms with E-state index in [2.05, 4.69) is 26.2 Å². The molecule has 1 saturated heterocycles. The number of aromatic amines is 1. The number of pyridine rings is 1. The Morgan fingerprint density at radius 2 is 1.73 bits per heavy atom. The minimum Gasteiger partial charge on any atom is -0.297 e. The van der Waals surface area contributed by atoms with Crippen molar-refractivity contribution in [2.45, 2.75) is 31.5 Å². The molecule has 154 valence electrons. The van der Waals surface area contributed by atoms with Crippen LogP contribution < -0.4 is 0 Å². The van der Waals surface area contributed by atoms with Gasteiger partial charge in [0, 0.05) is 36.1 Å². The standard InChI is InChI=1S/C23H21F3N4/c24-23(25,26)18-5-3-16(4-6-18)21-20(15-7-10-27-11-8-15)22(29-28-21)17-9-13-30-12-1-2-19(30)14-17/h3-8,10-11,14,19H,1-2,9,12-13H2,(H,28,29). The van der Waals surface area contributed by atoms with E-state index >= 15 is 0 Å². The summed E-state index contributed by atoms with van der Waals surface area (Å²) in [6, 6.07) is 9.47. The van der Waals surface area contributed by atoms with Gasteiger partial charge in [0.25, 0.3) is 0 Å². The Balaban J connectivity index is 1.61. The van der Waals surface area contributed by atoms with E-state index in [4.69, 9.17) is 0 Å². The van der Waals surface area contributed by atoms with Crippen molar-refractivity contribution in [2.75, 3.05) is 13.1 Å². The zero-order chi connectivity index (χ0) is 20.7. The highest BCUT2D eigenvalue weighted by atomic mass is 19.4. The maximum absolute atomic E-state index is 13.0. The normalized spacial score (nSPS) is 19.6. The second-order valence-corrected chi connectivity index (χ2v) is 7.82. The number of fused-ring (bicyclic) bond motifs is 1. The van der Waals surface area contributed by atoms with Crippen molar-refractivity contribution < 1.29 is 13.2 Å². The predicted octanol–water partition coefficient (Wildman–Crippen LogP) is 5.41. The second kappa shape index (κ2) is 7.40. The van der Waals surface area contributed by atoms with Gasteiger partial charge in [0.15, 0.2) is 0 Å². The van der Waals surface area contributed by atoms with E-state index in [0.717, 1.165) is 54.9 Å².